The predicted molar refractivity (Wildman–Crippen MR) is 80.2 cm³/mol. The van der Waals surface area contributed by atoms with Crippen LogP contribution in [0.4, 0.5) is 11.6 Å². The minimum atomic E-state index is -0.115. The normalized spacial score (nSPS) is 13.5. The molecule has 1 rings (SSSR count). The quantitative estimate of drug-likeness (QED) is 0.552. The third-order valence-electron chi connectivity index (χ3n) is 3.00. The van der Waals surface area contributed by atoms with Crippen LogP contribution in [0.1, 0.15) is 33.5 Å². The second kappa shape index (κ2) is 6.16. The summed E-state index contributed by atoms with van der Waals surface area (Å²) in [6, 6.07) is 2.24. The molecule has 0 radical (unpaired) electrons. The molecule has 0 aromatic carbocycles. The van der Waals surface area contributed by atoms with E-state index < -0.39 is 0 Å². The summed E-state index contributed by atoms with van der Waals surface area (Å²) >= 11 is 0. The summed E-state index contributed by atoms with van der Waals surface area (Å²) in [7, 11) is 4.11. The van der Waals surface area contributed by atoms with Gasteiger partial charge >= 0.3 is 0 Å². The Balaban J connectivity index is 2.89. The number of nitrogens with two attached hydrogens (primary N) is 1. The molecule has 0 spiro atoms. The third kappa shape index (κ3) is 4.65. The zero-order valence-corrected chi connectivity index (χ0v) is 12.8. The van der Waals surface area contributed by atoms with Crippen LogP contribution in [0.3, 0.4) is 0 Å². The summed E-state index contributed by atoms with van der Waals surface area (Å²) in [5.41, 5.74) is 2.47. The van der Waals surface area contributed by atoms with Gasteiger partial charge in [-0.1, -0.05) is 20.8 Å². The fraction of sp³-hybridized carbons (Fsp3) is 0.692. The Kier molecular flexibility index (Phi) is 5.08. The van der Waals surface area contributed by atoms with E-state index >= 15 is 0 Å². The first-order chi connectivity index (χ1) is 8.74. The summed E-state index contributed by atoms with van der Waals surface area (Å²) in [4.78, 5) is 11.1. The second-order valence-corrected chi connectivity index (χ2v) is 6.05. The smallest absolute Gasteiger partial charge is 0.145 e. The van der Waals surface area contributed by atoms with E-state index in [2.05, 4.69) is 67.4 Å². The number of likely N-dealkylation sites (N-methyl/N-ethyl adjacent to an activating group) is 1. The molecule has 0 saturated heterocycles. The van der Waals surface area contributed by atoms with Gasteiger partial charge in [0.1, 0.15) is 17.5 Å². The minimum absolute atomic E-state index is 0.115. The molecule has 1 atom stereocenters. The number of hydrogen-bond donors (Lipinski definition) is 3. The largest absolute Gasteiger partial charge is 0.368 e. The molecule has 1 heterocycles. The van der Waals surface area contributed by atoms with Crippen LogP contribution in [0.15, 0.2) is 6.07 Å². The summed E-state index contributed by atoms with van der Waals surface area (Å²) < 4.78 is 0. The molecule has 0 aliphatic rings. The molecule has 1 aromatic heterocycles. The van der Waals surface area contributed by atoms with Gasteiger partial charge in [-0.25, -0.2) is 15.8 Å². The lowest BCUT2D eigenvalue weighted by Gasteiger charge is -2.22. The number of aromatic nitrogens is 2. The van der Waals surface area contributed by atoms with E-state index in [4.69, 9.17) is 5.84 Å². The van der Waals surface area contributed by atoms with Crippen LogP contribution >= 0.6 is 0 Å². The number of rotatable bonds is 5. The van der Waals surface area contributed by atoms with Crippen LogP contribution in [0, 0.1) is 0 Å². The van der Waals surface area contributed by atoms with Gasteiger partial charge in [-0.3, -0.25) is 0 Å². The van der Waals surface area contributed by atoms with Gasteiger partial charge in [0.25, 0.3) is 0 Å². The first-order valence-electron chi connectivity index (χ1n) is 6.50. The van der Waals surface area contributed by atoms with Gasteiger partial charge in [0.15, 0.2) is 0 Å². The van der Waals surface area contributed by atoms with Crippen LogP contribution < -0.4 is 16.6 Å². The number of hydrazine groups is 1. The molecule has 0 amide bonds. The van der Waals surface area contributed by atoms with Crippen LogP contribution in [0.5, 0.6) is 0 Å². The average molecular weight is 266 g/mol. The Labute approximate surface area is 115 Å². The summed E-state index contributed by atoms with van der Waals surface area (Å²) in [6.45, 7) is 9.21. The molecule has 0 aliphatic carbocycles. The van der Waals surface area contributed by atoms with E-state index in [0.29, 0.717) is 11.9 Å². The van der Waals surface area contributed by atoms with Crippen LogP contribution in [-0.2, 0) is 5.41 Å². The number of nitrogens with one attached hydrogen (secondary N) is 2. The highest BCUT2D eigenvalue weighted by Crippen LogP contribution is 2.21. The topological polar surface area (TPSA) is 79.1 Å². The number of nitrogens with zero attached hydrogens (tertiary/aromatic N) is 3. The lowest BCUT2D eigenvalue weighted by Crippen LogP contribution is -2.32. The average Bonchev–Trinajstić information content (AvgIpc) is 2.34. The molecule has 6 nitrogen and oxygen atoms in total. The SMILES string of the molecule is CC(CNc1cc(NN)nc(C(C)(C)C)n1)N(C)C. The van der Waals surface area contributed by atoms with E-state index in [-0.39, 0.29) is 5.41 Å². The molecular weight excluding hydrogens is 240 g/mol. The fourth-order valence-electron chi connectivity index (χ4n) is 1.38. The van der Waals surface area contributed by atoms with Crippen LogP contribution in [-0.4, -0.2) is 41.5 Å². The Morgan fingerprint density at radius 3 is 2.32 bits per heavy atom. The molecule has 108 valence electrons. The van der Waals surface area contributed by atoms with Gasteiger partial charge in [-0.05, 0) is 21.0 Å². The maximum absolute atomic E-state index is 5.46. The highest BCUT2D eigenvalue weighted by Gasteiger charge is 2.19. The Hall–Kier alpha value is -1.40. The minimum Gasteiger partial charge on any atom is -0.368 e. The first-order valence-corrected chi connectivity index (χ1v) is 6.50. The van der Waals surface area contributed by atoms with Gasteiger partial charge in [0.05, 0.1) is 0 Å². The molecule has 1 aromatic rings. The highest BCUT2D eigenvalue weighted by molar-refractivity contribution is 5.47. The lowest BCUT2D eigenvalue weighted by atomic mass is 9.96. The number of nitrogen functional groups attached to an aromatic ring is 1. The summed E-state index contributed by atoms with van der Waals surface area (Å²) in [5, 5.41) is 3.32. The molecule has 0 aliphatic heterocycles. The molecule has 0 saturated carbocycles. The molecule has 0 fully saturated rings. The van der Waals surface area contributed by atoms with Crippen molar-refractivity contribution in [3.8, 4) is 0 Å². The Morgan fingerprint density at radius 1 is 1.26 bits per heavy atom. The van der Waals surface area contributed by atoms with Gasteiger partial charge in [-0.2, -0.15) is 0 Å². The molecule has 19 heavy (non-hydrogen) atoms. The van der Waals surface area contributed by atoms with E-state index in [9.17, 15) is 0 Å². The van der Waals surface area contributed by atoms with Crippen molar-refractivity contribution < 1.29 is 0 Å². The number of anilines is 2. The third-order valence-corrected chi connectivity index (χ3v) is 3.00. The van der Waals surface area contributed by atoms with Crippen molar-refractivity contribution in [1.29, 1.82) is 0 Å². The Morgan fingerprint density at radius 2 is 1.84 bits per heavy atom. The first kappa shape index (κ1) is 15.7. The monoisotopic (exact) mass is 266 g/mol. The van der Waals surface area contributed by atoms with Gasteiger partial charge in [0, 0.05) is 24.1 Å². The highest BCUT2D eigenvalue weighted by atomic mass is 15.3. The molecule has 1 unspecified atom stereocenters. The van der Waals surface area contributed by atoms with Gasteiger partial charge in [0.2, 0.25) is 0 Å². The molecule has 6 heteroatoms. The van der Waals surface area contributed by atoms with Crippen molar-refractivity contribution in [2.75, 3.05) is 31.4 Å². The number of hydrogen-bond acceptors (Lipinski definition) is 6. The zero-order chi connectivity index (χ0) is 14.6. The maximum Gasteiger partial charge on any atom is 0.145 e. The summed E-state index contributed by atoms with van der Waals surface area (Å²) in [5.74, 6) is 7.64. The molecule has 0 bridgehead atoms. The lowest BCUT2D eigenvalue weighted by molar-refractivity contribution is 0.326. The molecular formula is C13H26N6. The van der Waals surface area contributed by atoms with Crippen molar-refractivity contribution >= 4 is 11.6 Å². The maximum atomic E-state index is 5.46. The van der Waals surface area contributed by atoms with Crippen molar-refractivity contribution in [1.82, 2.24) is 14.9 Å². The fourth-order valence-corrected chi connectivity index (χ4v) is 1.38. The van der Waals surface area contributed by atoms with Crippen molar-refractivity contribution in [3.05, 3.63) is 11.9 Å². The van der Waals surface area contributed by atoms with E-state index in [1.165, 1.54) is 0 Å². The van der Waals surface area contributed by atoms with Gasteiger partial charge < -0.3 is 15.6 Å². The van der Waals surface area contributed by atoms with Crippen LogP contribution in [0.25, 0.3) is 0 Å². The van der Waals surface area contributed by atoms with Gasteiger partial charge in [-0.15, -0.1) is 0 Å². The second-order valence-electron chi connectivity index (χ2n) is 6.05. The van der Waals surface area contributed by atoms with E-state index in [0.717, 1.165) is 18.2 Å². The Bertz CT molecular complexity index is 410. The van der Waals surface area contributed by atoms with Crippen molar-refractivity contribution in [2.24, 2.45) is 5.84 Å². The van der Waals surface area contributed by atoms with E-state index in [1.807, 2.05) is 6.07 Å². The zero-order valence-electron chi connectivity index (χ0n) is 12.8. The predicted octanol–water partition coefficient (Wildman–Crippen LogP) is 1.42. The van der Waals surface area contributed by atoms with Crippen molar-refractivity contribution in [2.45, 2.75) is 39.2 Å². The van der Waals surface area contributed by atoms with Crippen molar-refractivity contribution in [3.63, 3.8) is 0 Å². The molecule has 4 N–H and O–H groups in total. The standard InChI is InChI=1S/C13H26N6/c1-9(19(5)6)8-15-10-7-11(18-14)17-12(16-10)13(2,3)4/h7,9H,8,14H2,1-6H3,(H2,15,16,17,18). The van der Waals surface area contributed by atoms with E-state index in [1.54, 1.807) is 0 Å². The summed E-state index contributed by atoms with van der Waals surface area (Å²) in [6.07, 6.45) is 0. The van der Waals surface area contributed by atoms with Crippen LogP contribution in [0.2, 0.25) is 0 Å².